The summed E-state index contributed by atoms with van der Waals surface area (Å²) in [7, 11) is -1.63. The Hall–Kier alpha value is -1.61. The molecule has 5 heteroatoms. The van der Waals surface area contributed by atoms with Gasteiger partial charge in [0.25, 0.3) is 0 Å². The second-order valence-corrected chi connectivity index (χ2v) is 12.7. The molecule has 0 fully saturated rings. The molecule has 0 atom stereocenters. The largest absolute Gasteiger partial charge is 0.417 e. The van der Waals surface area contributed by atoms with E-state index in [1.54, 1.807) is 22.7 Å². The summed E-state index contributed by atoms with van der Waals surface area (Å²) in [5.74, 6) is 3.45. The highest BCUT2D eigenvalue weighted by atomic mass is 32.1. The van der Waals surface area contributed by atoms with E-state index < -0.39 is 8.07 Å². The van der Waals surface area contributed by atoms with Gasteiger partial charge in [-0.1, -0.05) is 32.9 Å². The fourth-order valence-electron chi connectivity index (χ4n) is 2.67. The molecule has 0 saturated carbocycles. The van der Waals surface area contributed by atoms with Gasteiger partial charge in [0.1, 0.15) is 8.07 Å². The van der Waals surface area contributed by atoms with E-state index in [-0.39, 0.29) is 5.97 Å². The summed E-state index contributed by atoms with van der Waals surface area (Å²) in [6, 6.07) is 11.5. The van der Waals surface area contributed by atoms with Gasteiger partial charge in [-0.05, 0) is 46.9 Å². The minimum absolute atomic E-state index is 0.327. The Balaban J connectivity index is 2.64. The van der Waals surface area contributed by atoms with Crippen LogP contribution in [-0.2, 0) is 9.53 Å². The van der Waals surface area contributed by atoms with Crippen LogP contribution in [0.15, 0.2) is 40.8 Å². The molecular formula is C20H24O2S2Si. The quantitative estimate of drug-likeness (QED) is 0.255. The molecule has 2 aromatic heterocycles. The van der Waals surface area contributed by atoms with E-state index in [0.29, 0.717) is 5.76 Å². The van der Waals surface area contributed by atoms with Gasteiger partial charge in [-0.3, -0.25) is 4.79 Å². The Bertz CT molecular complexity index is 729. The molecule has 0 aliphatic carbocycles. The van der Waals surface area contributed by atoms with Gasteiger partial charge in [0.2, 0.25) is 0 Å². The fourth-order valence-corrected chi connectivity index (χ4v) is 6.71. The van der Waals surface area contributed by atoms with Crippen LogP contribution in [0.5, 0.6) is 0 Å². The summed E-state index contributed by atoms with van der Waals surface area (Å²) >= 11 is 3.27. The lowest BCUT2D eigenvalue weighted by Crippen LogP contribution is -2.29. The third kappa shape index (κ3) is 4.94. The van der Waals surface area contributed by atoms with Gasteiger partial charge >= 0.3 is 5.97 Å². The van der Waals surface area contributed by atoms with E-state index in [2.05, 4.69) is 44.4 Å². The van der Waals surface area contributed by atoms with E-state index in [9.17, 15) is 4.79 Å². The molecular weight excluding hydrogens is 364 g/mol. The molecule has 0 spiro atoms. The molecule has 0 radical (unpaired) electrons. The molecule has 0 aliphatic heterocycles. The summed E-state index contributed by atoms with van der Waals surface area (Å²) < 4.78 is 5.59. The van der Waals surface area contributed by atoms with E-state index in [1.165, 1.54) is 6.92 Å². The molecule has 0 N–H and O–H groups in total. The number of ether oxygens (including phenoxy) is 1. The SMILES string of the molecule is CC[Si](C#CC(OC(C)=O)=C(c1cccs1)c1cccs1)(CC)CC. The Morgan fingerprint density at radius 1 is 1.04 bits per heavy atom. The first-order valence-corrected chi connectivity index (χ1v) is 13.0. The zero-order valence-electron chi connectivity index (χ0n) is 15.2. The molecule has 25 heavy (non-hydrogen) atoms. The molecule has 0 aliphatic rings. The third-order valence-electron chi connectivity index (χ3n) is 4.48. The lowest BCUT2D eigenvalue weighted by atomic mass is 10.1. The zero-order valence-corrected chi connectivity index (χ0v) is 17.9. The maximum Gasteiger partial charge on any atom is 0.308 e. The number of esters is 1. The predicted octanol–water partition coefficient (Wildman–Crippen LogP) is 6.18. The van der Waals surface area contributed by atoms with Crippen LogP contribution < -0.4 is 0 Å². The van der Waals surface area contributed by atoms with E-state index in [4.69, 9.17) is 4.74 Å². The van der Waals surface area contributed by atoms with Crippen LogP contribution in [0.4, 0.5) is 0 Å². The smallest absolute Gasteiger partial charge is 0.308 e. The molecule has 0 bridgehead atoms. The maximum absolute atomic E-state index is 11.7. The average molecular weight is 389 g/mol. The predicted molar refractivity (Wildman–Crippen MR) is 111 cm³/mol. The van der Waals surface area contributed by atoms with Gasteiger partial charge in [0, 0.05) is 16.7 Å². The van der Waals surface area contributed by atoms with Gasteiger partial charge in [-0.2, -0.15) is 0 Å². The van der Waals surface area contributed by atoms with Crippen molar-refractivity contribution in [1.82, 2.24) is 0 Å². The maximum atomic E-state index is 11.7. The summed E-state index contributed by atoms with van der Waals surface area (Å²) in [6.07, 6.45) is 0. The number of rotatable bonds is 6. The molecule has 2 aromatic rings. The number of carbonyl (C=O) groups excluding carboxylic acids is 1. The van der Waals surface area contributed by atoms with Crippen LogP contribution in [0.3, 0.4) is 0 Å². The number of hydrogen-bond donors (Lipinski definition) is 0. The highest BCUT2D eigenvalue weighted by Crippen LogP contribution is 2.33. The first-order chi connectivity index (χ1) is 12.0. The van der Waals surface area contributed by atoms with Crippen molar-refractivity contribution >= 4 is 42.3 Å². The Morgan fingerprint density at radius 3 is 1.92 bits per heavy atom. The summed E-state index contributed by atoms with van der Waals surface area (Å²) in [5, 5.41) is 4.07. The summed E-state index contributed by atoms with van der Waals surface area (Å²) in [4.78, 5) is 13.9. The van der Waals surface area contributed by atoms with Gasteiger partial charge in [0.15, 0.2) is 5.76 Å². The Labute approximate surface area is 159 Å². The van der Waals surface area contributed by atoms with Crippen LogP contribution in [0, 0.1) is 11.5 Å². The van der Waals surface area contributed by atoms with Crippen molar-refractivity contribution in [1.29, 1.82) is 0 Å². The summed E-state index contributed by atoms with van der Waals surface area (Å²) in [6.45, 7) is 8.11. The first kappa shape index (κ1) is 19.7. The molecule has 2 rings (SSSR count). The van der Waals surface area contributed by atoms with Crippen molar-refractivity contribution in [2.24, 2.45) is 0 Å². The molecule has 0 unspecified atom stereocenters. The van der Waals surface area contributed by atoms with Crippen molar-refractivity contribution in [3.8, 4) is 11.5 Å². The lowest BCUT2D eigenvalue weighted by molar-refractivity contribution is -0.136. The van der Waals surface area contributed by atoms with Crippen LogP contribution in [-0.4, -0.2) is 14.0 Å². The number of hydrogen-bond acceptors (Lipinski definition) is 4. The Kier molecular flexibility index (Phi) is 7.24. The monoisotopic (exact) mass is 388 g/mol. The highest BCUT2D eigenvalue weighted by molar-refractivity contribution is 7.13. The second-order valence-electron chi connectivity index (χ2n) is 5.84. The lowest BCUT2D eigenvalue weighted by Gasteiger charge is -2.20. The molecule has 0 aromatic carbocycles. The minimum atomic E-state index is -1.63. The first-order valence-electron chi connectivity index (χ1n) is 8.58. The zero-order chi connectivity index (χ0) is 18.3. The van der Waals surface area contributed by atoms with E-state index in [1.807, 2.05) is 22.9 Å². The van der Waals surface area contributed by atoms with Crippen molar-refractivity contribution < 1.29 is 9.53 Å². The van der Waals surface area contributed by atoms with Crippen molar-refractivity contribution in [3.63, 3.8) is 0 Å². The molecule has 132 valence electrons. The van der Waals surface area contributed by atoms with Crippen LogP contribution in [0.25, 0.3) is 5.57 Å². The molecule has 0 amide bonds. The molecule has 0 saturated heterocycles. The minimum Gasteiger partial charge on any atom is -0.417 e. The fraction of sp³-hybridized carbons (Fsp3) is 0.350. The standard InChI is InChI=1S/C20H24O2S2Si/c1-5-25(6-2,7-3)15-12-17(22-16(4)21)20(18-10-8-13-23-18)19-11-9-14-24-19/h8-11,13-14H,5-7H2,1-4H3. The van der Waals surface area contributed by atoms with Gasteiger partial charge in [0.05, 0.1) is 5.57 Å². The van der Waals surface area contributed by atoms with Gasteiger partial charge in [-0.15, -0.1) is 28.2 Å². The van der Waals surface area contributed by atoms with Crippen LogP contribution in [0.2, 0.25) is 18.1 Å². The van der Waals surface area contributed by atoms with Crippen molar-refractivity contribution in [3.05, 3.63) is 50.5 Å². The van der Waals surface area contributed by atoms with Gasteiger partial charge < -0.3 is 4.74 Å². The topological polar surface area (TPSA) is 26.3 Å². The third-order valence-corrected chi connectivity index (χ3v) is 11.0. The molecule has 2 nitrogen and oxygen atoms in total. The number of allylic oxidation sites excluding steroid dienone is 1. The second kappa shape index (κ2) is 9.19. The van der Waals surface area contributed by atoms with Crippen molar-refractivity contribution in [2.75, 3.05) is 0 Å². The molecule has 2 heterocycles. The summed E-state index contributed by atoms with van der Waals surface area (Å²) in [5.41, 5.74) is 4.48. The van der Waals surface area contributed by atoms with Gasteiger partial charge in [-0.25, -0.2) is 0 Å². The number of carbonyl (C=O) groups is 1. The average Bonchev–Trinajstić information content (AvgIpc) is 3.30. The highest BCUT2D eigenvalue weighted by Gasteiger charge is 2.25. The van der Waals surface area contributed by atoms with E-state index in [0.717, 1.165) is 33.5 Å². The van der Waals surface area contributed by atoms with E-state index >= 15 is 0 Å². The number of thiophene rings is 2. The van der Waals surface area contributed by atoms with Crippen LogP contribution in [0.1, 0.15) is 37.4 Å². The van der Waals surface area contributed by atoms with Crippen LogP contribution >= 0.6 is 22.7 Å². The Morgan fingerprint density at radius 2 is 1.56 bits per heavy atom. The normalized spacial score (nSPS) is 10.7. The van der Waals surface area contributed by atoms with Crippen molar-refractivity contribution in [2.45, 2.75) is 45.8 Å².